The van der Waals surface area contributed by atoms with Gasteiger partial charge in [-0.15, -0.1) is 0 Å². The highest BCUT2D eigenvalue weighted by molar-refractivity contribution is 5.68. The second-order valence-electron chi connectivity index (χ2n) is 5.70. The Hall–Kier alpha value is -0.730. The lowest BCUT2D eigenvalue weighted by molar-refractivity contribution is 0.0233. The second-order valence-corrected chi connectivity index (χ2v) is 5.70. The number of likely N-dealkylation sites (tertiary alicyclic amines) is 1. The van der Waals surface area contributed by atoms with E-state index in [1.54, 1.807) is 0 Å². The van der Waals surface area contributed by atoms with Crippen molar-refractivity contribution in [1.82, 2.24) is 4.90 Å². The minimum atomic E-state index is -0.384. The third-order valence-corrected chi connectivity index (χ3v) is 3.00. The summed E-state index contributed by atoms with van der Waals surface area (Å²) < 4.78 is 5.41. The van der Waals surface area contributed by atoms with Crippen LogP contribution in [0.4, 0.5) is 4.79 Å². The van der Waals surface area contributed by atoms with Gasteiger partial charge < -0.3 is 9.64 Å². The van der Waals surface area contributed by atoms with Crippen LogP contribution in [0, 0.1) is 5.92 Å². The van der Waals surface area contributed by atoms with Crippen LogP contribution >= 0.6 is 0 Å². The van der Waals surface area contributed by atoms with E-state index in [1.807, 2.05) is 25.7 Å². The number of hydrogen-bond acceptors (Lipinski definition) is 2. The first-order valence-electron chi connectivity index (χ1n) is 6.40. The number of rotatable bonds is 1. The third-order valence-electron chi connectivity index (χ3n) is 3.00. The molecule has 3 heteroatoms. The van der Waals surface area contributed by atoms with Crippen LogP contribution in [0.15, 0.2) is 0 Å². The summed E-state index contributed by atoms with van der Waals surface area (Å²) in [5.41, 5.74) is -0.384. The molecular weight excluding hydrogens is 202 g/mol. The van der Waals surface area contributed by atoms with Crippen molar-refractivity contribution in [3.63, 3.8) is 0 Å². The van der Waals surface area contributed by atoms with Gasteiger partial charge in [0.15, 0.2) is 0 Å². The predicted octanol–water partition coefficient (Wildman–Crippen LogP) is 3.43. The van der Waals surface area contributed by atoms with Crippen molar-refractivity contribution in [2.24, 2.45) is 5.92 Å². The summed E-state index contributed by atoms with van der Waals surface area (Å²) in [7, 11) is 0. The van der Waals surface area contributed by atoms with Crippen molar-refractivity contribution >= 4 is 6.09 Å². The minimum absolute atomic E-state index is 0.146. The summed E-state index contributed by atoms with van der Waals surface area (Å²) in [5, 5.41) is 0. The summed E-state index contributed by atoms with van der Waals surface area (Å²) in [5.74, 6) is 0.648. The maximum absolute atomic E-state index is 11.9. The zero-order valence-corrected chi connectivity index (χ0v) is 11.1. The van der Waals surface area contributed by atoms with Gasteiger partial charge >= 0.3 is 6.09 Å². The average molecular weight is 227 g/mol. The van der Waals surface area contributed by atoms with Gasteiger partial charge in [-0.1, -0.05) is 19.8 Å². The van der Waals surface area contributed by atoms with Crippen molar-refractivity contribution in [2.45, 2.75) is 59.0 Å². The molecule has 1 saturated heterocycles. The van der Waals surface area contributed by atoms with E-state index in [2.05, 4.69) is 6.92 Å². The lowest BCUT2D eigenvalue weighted by atomic mass is 10.0. The summed E-state index contributed by atoms with van der Waals surface area (Å²) in [4.78, 5) is 13.8. The fourth-order valence-corrected chi connectivity index (χ4v) is 2.06. The number of nitrogens with zero attached hydrogens (tertiary/aromatic N) is 1. The molecule has 0 saturated carbocycles. The van der Waals surface area contributed by atoms with Crippen LogP contribution in [0.3, 0.4) is 0 Å². The van der Waals surface area contributed by atoms with Gasteiger partial charge in [0.1, 0.15) is 5.60 Å². The summed E-state index contributed by atoms with van der Waals surface area (Å²) in [6, 6.07) is 0. The first kappa shape index (κ1) is 13.3. The second kappa shape index (κ2) is 5.55. The number of ether oxygens (including phenoxy) is 1. The fourth-order valence-electron chi connectivity index (χ4n) is 2.06. The molecule has 0 aromatic rings. The fraction of sp³-hybridized carbons (Fsp3) is 0.923. The monoisotopic (exact) mass is 227 g/mol. The van der Waals surface area contributed by atoms with E-state index < -0.39 is 0 Å². The Morgan fingerprint density at radius 2 is 2.06 bits per heavy atom. The van der Waals surface area contributed by atoms with Gasteiger partial charge in [0.05, 0.1) is 0 Å². The van der Waals surface area contributed by atoms with Gasteiger partial charge in [-0.3, -0.25) is 0 Å². The molecule has 1 atom stereocenters. The SMILES string of the molecule is CCC1CCCCN(C(=O)OC(C)(C)C)C1. The lowest BCUT2D eigenvalue weighted by Crippen LogP contribution is -2.39. The van der Waals surface area contributed by atoms with Gasteiger partial charge in [-0.2, -0.15) is 0 Å². The largest absolute Gasteiger partial charge is 0.444 e. The van der Waals surface area contributed by atoms with Gasteiger partial charge in [0.25, 0.3) is 0 Å². The standard InChI is InChI=1S/C13H25NO2/c1-5-11-8-6-7-9-14(10-11)12(15)16-13(2,3)4/h11H,5-10H2,1-4H3. The molecule has 0 bridgehead atoms. The smallest absolute Gasteiger partial charge is 0.410 e. The van der Waals surface area contributed by atoms with Crippen molar-refractivity contribution < 1.29 is 9.53 Å². The zero-order valence-electron chi connectivity index (χ0n) is 11.1. The topological polar surface area (TPSA) is 29.5 Å². The number of carbonyl (C=O) groups excluding carboxylic acids is 1. The highest BCUT2D eigenvalue weighted by Gasteiger charge is 2.25. The summed E-state index contributed by atoms with van der Waals surface area (Å²) in [6.07, 6.45) is 4.59. The van der Waals surface area contributed by atoms with Crippen LogP contribution in [0.5, 0.6) is 0 Å². The molecule has 0 aromatic heterocycles. The molecule has 0 radical (unpaired) electrons. The summed E-state index contributed by atoms with van der Waals surface area (Å²) >= 11 is 0. The Balaban J connectivity index is 2.53. The van der Waals surface area contributed by atoms with E-state index in [9.17, 15) is 4.79 Å². The van der Waals surface area contributed by atoms with Gasteiger partial charge in [-0.25, -0.2) is 4.79 Å². The van der Waals surface area contributed by atoms with Gasteiger partial charge in [0.2, 0.25) is 0 Å². The Kier molecular flexibility index (Phi) is 4.63. The van der Waals surface area contributed by atoms with Crippen LogP contribution in [0.25, 0.3) is 0 Å². The molecule has 1 rings (SSSR count). The molecule has 1 heterocycles. The van der Waals surface area contributed by atoms with Crippen molar-refractivity contribution in [3.05, 3.63) is 0 Å². The Bertz CT molecular complexity index is 233. The Morgan fingerprint density at radius 1 is 1.38 bits per heavy atom. The number of hydrogen-bond donors (Lipinski definition) is 0. The van der Waals surface area contributed by atoms with Crippen molar-refractivity contribution in [2.75, 3.05) is 13.1 Å². The molecular formula is C13H25NO2. The van der Waals surface area contributed by atoms with Crippen LogP contribution in [0.2, 0.25) is 0 Å². The van der Waals surface area contributed by atoms with Crippen LogP contribution < -0.4 is 0 Å². The summed E-state index contributed by atoms with van der Waals surface area (Å²) in [6.45, 7) is 9.67. The van der Waals surface area contributed by atoms with E-state index in [0.717, 1.165) is 25.9 Å². The molecule has 1 aliphatic heterocycles. The third kappa shape index (κ3) is 4.42. The minimum Gasteiger partial charge on any atom is -0.444 e. The Labute approximate surface area is 99.1 Å². The zero-order chi connectivity index (χ0) is 12.2. The van der Waals surface area contributed by atoms with Crippen LogP contribution in [0.1, 0.15) is 53.4 Å². The number of carbonyl (C=O) groups is 1. The normalized spacial score (nSPS) is 22.8. The van der Waals surface area contributed by atoms with Crippen molar-refractivity contribution in [3.8, 4) is 0 Å². The maximum atomic E-state index is 11.9. The predicted molar refractivity (Wildman–Crippen MR) is 65.4 cm³/mol. The average Bonchev–Trinajstić information content (AvgIpc) is 2.39. The van der Waals surface area contributed by atoms with Crippen molar-refractivity contribution in [1.29, 1.82) is 0 Å². The molecule has 16 heavy (non-hydrogen) atoms. The Morgan fingerprint density at radius 3 is 2.62 bits per heavy atom. The van der Waals surface area contributed by atoms with E-state index in [-0.39, 0.29) is 11.7 Å². The van der Waals surface area contributed by atoms with Gasteiger partial charge in [0, 0.05) is 13.1 Å². The molecule has 1 amide bonds. The molecule has 0 aromatic carbocycles. The van der Waals surface area contributed by atoms with E-state index in [0.29, 0.717) is 5.92 Å². The lowest BCUT2D eigenvalue weighted by Gasteiger charge is -2.28. The van der Waals surface area contributed by atoms with E-state index >= 15 is 0 Å². The molecule has 1 aliphatic rings. The van der Waals surface area contributed by atoms with Crippen LogP contribution in [-0.2, 0) is 4.74 Å². The molecule has 1 fully saturated rings. The first-order valence-corrected chi connectivity index (χ1v) is 6.40. The molecule has 3 nitrogen and oxygen atoms in total. The molecule has 1 unspecified atom stereocenters. The maximum Gasteiger partial charge on any atom is 0.410 e. The number of amides is 1. The molecule has 0 aliphatic carbocycles. The quantitative estimate of drug-likeness (QED) is 0.687. The van der Waals surface area contributed by atoms with Crippen LogP contribution in [-0.4, -0.2) is 29.7 Å². The highest BCUT2D eigenvalue weighted by Crippen LogP contribution is 2.20. The van der Waals surface area contributed by atoms with Gasteiger partial charge in [-0.05, 0) is 39.5 Å². The molecule has 0 N–H and O–H groups in total. The van der Waals surface area contributed by atoms with E-state index in [4.69, 9.17) is 4.74 Å². The highest BCUT2D eigenvalue weighted by atomic mass is 16.6. The van der Waals surface area contributed by atoms with E-state index in [1.165, 1.54) is 12.8 Å². The first-order chi connectivity index (χ1) is 7.42. The molecule has 94 valence electrons. The molecule has 0 spiro atoms.